The number of benzene rings is 2. The molecular formula is C22H29FIN5O. The third-order valence-corrected chi connectivity index (χ3v) is 5.01. The van der Waals surface area contributed by atoms with Gasteiger partial charge in [-0.15, -0.1) is 24.0 Å². The van der Waals surface area contributed by atoms with Crippen molar-refractivity contribution in [2.45, 2.75) is 19.4 Å². The molecule has 3 rings (SSSR count). The van der Waals surface area contributed by atoms with Gasteiger partial charge < -0.3 is 20.9 Å². The van der Waals surface area contributed by atoms with Gasteiger partial charge in [0.25, 0.3) is 5.91 Å². The molecule has 0 aliphatic carbocycles. The summed E-state index contributed by atoms with van der Waals surface area (Å²) in [6.07, 6.45) is 1.03. The summed E-state index contributed by atoms with van der Waals surface area (Å²) in [6.45, 7) is 4.52. The van der Waals surface area contributed by atoms with Gasteiger partial charge in [0.15, 0.2) is 5.96 Å². The van der Waals surface area contributed by atoms with E-state index < -0.39 is 0 Å². The average Bonchev–Trinajstić information content (AvgIpc) is 3.21. The molecule has 1 unspecified atom stereocenters. The molecule has 0 saturated carbocycles. The van der Waals surface area contributed by atoms with E-state index in [-0.39, 0.29) is 35.7 Å². The SMILES string of the molecule is CN=C(NCCNC(=O)c1ccc(C)c(F)c1)NC1CCN(c2ccccc2)C1.I. The third kappa shape index (κ3) is 6.58. The molecule has 0 spiro atoms. The maximum atomic E-state index is 13.6. The minimum Gasteiger partial charge on any atom is -0.369 e. The number of nitrogens with zero attached hydrogens (tertiary/aromatic N) is 2. The van der Waals surface area contributed by atoms with E-state index in [9.17, 15) is 9.18 Å². The molecule has 6 nitrogen and oxygen atoms in total. The summed E-state index contributed by atoms with van der Waals surface area (Å²) in [5.74, 6) is 0.0463. The van der Waals surface area contributed by atoms with Crippen LogP contribution in [0.15, 0.2) is 53.5 Å². The number of rotatable bonds is 6. The Hall–Kier alpha value is -2.36. The van der Waals surface area contributed by atoms with Gasteiger partial charge in [-0.3, -0.25) is 9.79 Å². The fraction of sp³-hybridized carbons (Fsp3) is 0.364. The highest BCUT2D eigenvalue weighted by molar-refractivity contribution is 14.0. The summed E-state index contributed by atoms with van der Waals surface area (Å²) < 4.78 is 13.6. The summed E-state index contributed by atoms with van der Waals surface area (Å²) in [6, 6.07) is 15.2. The zero-order valence-electron chi connectivity index (χ0n) is 17.3. The maximum Gasteiger partial charge on any atom is 0.251 e. The first kappa shape index (κ1) is 23.9. The Morgan fingerprint density at radius 3 is 2.60 bits per heavy atom. The van der Waals surface area contributed by atoms with Gasteiger partial charge >= 0.3 is 0 Å². The number of carbonyl (C=O) groups is 1. The van der Waals surface area contributed by atoms with Crippen LogP contribution < -0.4 is 20.9 Å². The minimum atomic E-state index is -0.374. The van der Waals surface area contributed by atoms with E-state index in [2.05, 4.69) is 50.1 Å². The van der Waals surface area contributed by atoms with Crippen LogP contribution in [0, 0.1) is 12.7 Å². The monoisotopic (exact) mass is 525 g/mol. The standard InChI is InChI=1S/C22H28FN5O.HI/c1-16-8-9-17(14-20(16)23)21(29)25-11-12-26-22(24-2)27-18-10-13-28(15-18)19-6-4-3-5-7-19;/h3-9,14,18H,10-13,15H2,1-2H3,(H,25,29)(H2,24,26,27);1H. The molecule has 3 N–H and O–H groups in total. The van der Waals surface area contributed by atoms with E-state index >= 15 is 0 Å². The van der Waals surface area contributed by atoms with Gasteiger partial charge in [0.2, 0.25) is 0 Å². The van der Waals surface area contributed by atoms with Gasteiger partial charge in [0.1, 0.15) is 5.82 Å². The van der Waals surface area contributed by atoms with Crippen LogP contribution in [0.2, 0.25) is 0 Å². The number of aliphatic imine (C=N–C) groups is 1. The molecule has 8 heteroatoms. The highest BCUT2D eigenvalue weighted by Gasteiger charge is 2.23. The van der Waals surface area contributed by atoms with E-state index in [4.69, 9.17) is 0 Å². The quantitative estimate of drug-likeness (QED) is 0.235. The van der Waals surface area contributed by atoms with Crippen LogP contribution in [0.4, 0.5) is 10.1 Å². The van der Waals surface area contributed by atoms with Crippen LogP contribution in [0.25, 0.3) is 0 Å². The highest BCUT2D eigenvalue weighted by Crippen LogP contribution is 2.19. The number of carbonyl (C=O) groups excluding carboxylic acids is 1. The molecule has 1 aliphatic heterocycles. The summed E-state index contributed by atoms with van der Waals surface area (Å²) in [4.78, 5) is 18.7. The normalized spacial score (nSPS) is 16.0. The van der Waals surface area contributed by atoms with Crippen molar-refractivity contribution in [3.63, 3.8) is 0 Å². The van der Waals surface area contributed by atoms with Crippen molar-refractivity contribution in [3.05, 3.63) is 65.5 Å². The van der Waals surface area contributed by atoms with Crippen molar-refractivity contribution >= 4 is 41.5 Å². The fourth-order valence-corrected chi connectivity index (χ4v) is 3.33. The molecule has 30 heavy (non-hydrogen) atoms. The summed E-state index contributed by atoms with van der Waals surface area (Å²) in [5.41, 5.74) is 2.08. The Labute approximate surface area is 194 Å². The predicted octanol–water partition coefficient (Wildman–Crippen LogP) is 2.93. The lowest BCUT2D eigenvalue weighted by Crippen LogP contribution is -2.46. The lowest BCUT2D eigenvalue weighted by atomic mass is 10.1. The minimum absolute atomic E-state index is 0. The van der Waals surface area contributed by atoms with Crippen molar-refractivity contribution < 1.29 is 9.18 Å². The zero-order valence-corrected chi connectivity index (χ0v) is 19.7. The Bertz CT molecular complexity index is 862. The van der Waals surface area contributed by atoms with Crippen LogP contribution in [-0.4, -0.2) is 51.1 Å². The van der Waals surface area contributed by atoms with Crippen molar-refractivity contribution in [1.82, 2.24) is 16.0 Å². The Morgan fingerprint density at radius 2 is 1.90 bits per heavy atom. The number of amides is 1. The van der Waals surface area contributed by atoms with Gasteiger partial charge in [-0.25, -0.2) is 4.39 Å². The zero-order chi connectivity index (χ0) is 20.6. The predicted molar refractivity (Wildman–Crippen MR) is 130 cm³/mol. The molecule has 2 aromatic carbocycles. The number of nitrogens with one attached hydrogen (secondary N) is 3. The molecule has 2 aromatic rings. The highest BCUT2D eigenvalue weighted by atomic mass is 127. The largest absolute Gasteiger partial charge is 0.369 e. The molecule has 1 fully saturated rings. The number of aryl methyl sites for hydroxylation is 1. The van der Waals surface area contributed by atoms with Crippen molar-refractivity contribution in [1.29, 1.82) is 0 Å². The molecule has 1 saturated heterocycles. The van der Waals surface area contributed by atoms with Crippen molar-refractivity contribution in [2.75, 3.05) is 38.1 Å². The number of para-hydroxylation sites is 1. The number of anilines is 1. The van der Waals surface area contributed by atoms with Crippen LogP contribution in [0.1, 0.15) is 22.3 Å². The summed E-state index contributed by atoms with van der Waals surface area (Å²) >= 11 is 0. The Morgan fingerprint density at radius 1 is 1.17 bits per heavy atom. The van der Waals surface area contributed by atoms with E-state index in [1.807, 2.05) is 6.07 Å². The van der Waals surface area contributed by atoms with Gasteiger partial charge in [-0.1, -0.05) is 24.3 Å². The van der Waals surface area contributed by atoms with Gasteiger partial charge in [-0.05, 0) is 43.2 Å². The van der Waals surface area contributed by atoms with Crippen LogP contribution in [-0.2, 0) is 0 Å². The van der Waals surface area contributed by atoms with Gasteiger partial charge in [0, 0.05) is 50.5 Å². The molecular weight excluding hydrogens is 496 g/mol. The lowest BCUT2D eigenvalue weighted by Gasteiger charge is -2.20. The topological polar surface area (TPSA) is 68.8 Å². The van der Waals surface area contributed by atoms with Crippen molar-refractivity contribution in [2.24, 2.45) is 4.99 Å². The number of hydrogen-bond acceptors (Lipinski definition) is 3. The molecule has 0 radical (unpaired) electrons. The van der Waals surface area contributed by atoms with E-state index in [1.165, 1.54) is 11.8 Å². The Kier molecular flexibility index (Phi) is 9.35. The number of halogens is 2. The third-order valence-electron chi connectivity index (χ3n) is 5.01. The summed E-state index contributed by atoms with van der Waals surface area (Å²) in [7, 11) is 1.73. The van der Waals surface area contributed by atoms with Gasteiger partial charge in [0.05, 0.1) is 0 Å². The first-order valence-electron chi connectivity index (χ1n) is 9.88. The molecule has 162 valence electrons. The van der Waals surface area contributed by atoms with Crippen LogP contribution >= 0.6 is 24.0 Å². The lowest BCUT2D eigenvalue weighted by molar-refractivity contribution is 0.0954. The van der Waals surface area contributed by atoms with Crippen molar-refractivity contribution in [3.8, 4) is 0 Å². The van der Waals surface area contributed by atoms with Crippen LogP contribution in [0.5, 0.6) is 0 Å². The summed E-state index contributed by atoms with van der Waals surface area (Å²) in [5, 5.41) is 9.43. The number of guanidine groups is 1. The number of hydrogen-bond donors (Lipinski definition) is 3. The molecule has 0 aromatic heterocycles. The fourth-order valence-electron chi connectivity index (χ4n) is 3.33. The molecule has 0 bridgehead atoms. The average molecular weight is 525 g/mol. The van der Waals surface area contributed by atoms with E-state index in [0.717, 1.165) is 19.5 Å². The second-order valence-corrected chi connectivity index (χ2v) is 7.13. The van der Waals surface area contributed by atoms with Gasteiger partial charge in [-0.2, -0.15) is 0 Å². The first-order chi connectivity index (χ1) is 14.1. The van der Waals surface area contributed by atoms with E-state index in [0.29, 0.717) is 36.2 Å². The second-order valence-electron chi connectivity index (χ2n) is 7.13. The Balaban J connectivity index is 0.00000320. The second kappa shape index (κ2) is 11.7. The first-order valence-corrected chi connectivity index (χ1v) is 9.88. The molecule has 1 atom stereocenters. The molecule has 1 aliphatic rings. The smallest absolute Gasteiger partial charge is 0.251 e. The maximum absolute atomic E-state index is 13.6. The molecule has 1 amide bonds. The van der Waals surface area contributed by atoms with E-state index in [1.54, 1.807) is 26.1 Å². The molecule has 1 heterocycles. The van der Waals surface area contributed by atoms with Crippen LogP contribution in [0.3, 0.4) is 0 Å².